The van der Waals surface area contributed by atoms with Crippen molar-refractivity contribution in [2.75, 3.05) is 11.9 Å². The molecule has 1 aromatic carbocycles. The van der Waals surface area contributed by atoms with E-state index in [1.807, 2.05) is 30.9 Å². The molecule has 0 bridgehead atoms. The third-order valence-corrected chi connectivity index (χ3v) is 4.54. The van der Waals surface area contributed by atoms with Gasteiger partial charge >= 0.3 is 0 Å². The number of hydrogen-bond acceptors (Lipinski definition) is 2. The molecule has 122 valence electrons. The lowest BCUT2D eigenvalue weighted by Gasteiger charge is -2.44. The van der Waals surface area contributed by atoms with Crippen LogP contribution in [0.1, 0.15) is 69.7 Å². The maximum absolute atomic E-state index is 12.8. The molecule has 0 aromatic heterocycles. The van der Waals surface area contributed by atoms with Crippen molar-refractivity contribution in [3.05, 3.63) is 28.8 Å². The monoisotopic (exact) mass is 322 g/mol. The van der Waals surface area contributed by atoms with E-state index in [0.717, 1.165) is 24.2 Å². The average Bonchev–Trinajstić information content (AvgIpc) is 2.44. The van der Waals surface area contributed by atoms with Crippen LogP contribution in [0.15, 0.2) is 18.2 Å². The second kappa shape index (κ2) is 7.36. The molecule has 0 fully saturated rings. The summed E-state index contributed by atoms with van der Waals surface area (Å²) in [6.45, 7) is 7.12. The second-order valence-electron chi connectivity index (χ2n) is 6.60. The number of benzene rings is 1. The van der Waals surface area contributed by atoms with Gasteiger partial charge in [-0.3, -0.25) is 4.79 Å². The lowest BCUT2D eigenvalue weighted by Crippen LogP contribution is -2.56. The fourth-order valence-electron chi connectivity index (χ4n) is 3.03. The number of nitrogens with zero attached hydrogens (tertiary/aromatic N) is 1. The summed E-state index contributed by atoms with van der Waals surface area (Å²) in [4.78, 5) is 14.7. The van der Waals surface area contributed by atoms with E-state index in [2.05, 4.69) is 12.2 Å². The summed E-state index contributed by atoms with van der Waals surface area (Å²) in [6.07, 6.45) is 7.38. The van der Waals surface area contributed by atoms with Gasteiger partial charge in [-0.05, 0) is 38.5 Å². The summed E-state index contributed by atoms with van der Waals surface area (Å²) in [5.74, 6) is 0.101. The Hall–Kier alpha value is -1.22. The van der Waals surface area contributed by atoms with E-state index in [-0.39, 0.29) is 11.6 Å². The zero-order chi connectivity index (χ0) is 16.2. The number of hydrogen-bond donors (Lipinski definition) is 1. The van der Waals surface area contributed by atoms with Crippen LogP contribution in [0.3, 0.4) is 0 Å². The summed E-state index contributed by atoms with van der Waals surface area (Å²) >= 11 is 6.03. The van der Waals surface area contributed by atoms with Gasteiger partial charge in [0.25, 0.3) is 5.91 Å². The Kier molecular flexibility index (Phi) is 5.74. The molecule has 3 nitrogen and oxygen atoms in total. The van der Waals surface area contributed by atoms with E-state index in [9.17, 15) is 4.79 Å². The summed E-state index contributed by atoms with van der Waals surface area (Å²) in [6, 6.07) is 5.43. The van der Waals surface area contributed by atoms with E-state index >= 15 is 0 Å². The molecule has 2 rings (SSSR count). The molecular formula is C18H27ClN2O. The third-order valence-electron chi connectivity index (χ3n) is 4.31. The average molecular weight is 323 g/mol. The molecule has 0 aliphatic carbocycles. The quantitative estimate of drug-likeness (QED) is 0.690. The summed E-state index contributed by atoms with van der Waals surface area (Å²) in [5.41, 5.74) is 1.18. The molecule has 0 spiro atoms. The number of unbranched alkanes of at least 4 members (excludes halogenated alkanes) is 5. The maximum Gasteiger partial charge on any atom is 0.257 e. The fraction of sp³-hybridized carbons (Fsp3) is 0.611. The lowest BCUT2D eigenvalue weighted by atomic mass is 10.0. The summed E-state index contributed by atoms with van der Waals surface area (Å²) in [7, 11) is 0. The highest BCUT2D eigenvalue weighted by atomic mass is 35.5. The third kappa shape index (κ3) is 3.95. The number of halogens is 1. The van der Waals surface area contributed by atoms with E-state index < -0.39 is 0 Å². The molecule has 1 amide bonds. The highest BCUT2D eigenvalue weighted by molar-refractivity contribution is 6.31. The molecule has 1 N–H and O–H groups in total. The summed E-state index contributed by atoms with van der Waals surface area (Å²) < 4.78 is 0. The molecule has 1 aromatic rings. The number of carbonyl (C=O) groups is 1. The van der Waals surface area contributed by atoms with Crippen LogP contribution in [0.5, 0.6) is 0 Å². The molecule has 4 heteroatoms. The summed E-state index contributed by atoms with van der Waals surface area (Å²) in [5, 5.41) is 4.09. The minimum atomic E-state index is -0.377. The first-order valence-electron chi connectivity index (χ1n) is 8.35. The number of nitrogens with one attached hydrogen (secondary N) is 1. The van der Waals surface area contributed by atoms with Crippen molar-refractivity contribution in [1.29, 1.82) is 0 Å². The van der Waals surface area contributed by atoms with Crippen molar-refractivity contribution in [2.45, 2.75) is 65.0 Å². The van der Waals surface area contributed by atoms with Crippen molar-refractivity contribution in [3.63, 3.8) is 0 Å². The van der Waals surface area contributed by atoms with E-state index in [1.54, 1.807) is 6.07 Å². The van der Waals surface area contributed by atoms with Gasteiger partial charge in [-0.15, -0.1) is 0 Å². The first-order chi connectivity index (χ1) is 10.5. The minimum Gasteiger partial charge on any atom is -0.362 e. The van der Waals surface area contributed by atoms with Gasteiger partial charge < -0.3 is 10.2 Å². The van der Waals surface area contributed by atoms with Gasteiger partial charge in [-0.1, -0.05) is 50.6 Å². The number of anilines is 1. The predicted molar refractivity (Wildman–Crippen MR) is 93.6 cm³/mol. The molecule has 0 saturated carbocycles. The standard InChI is InChI=1S/C18H27ClN2O/c1-4-5-6-7-8-9-12-21-17(22)15-11-10-14(19)13-16(15)20-18(21,2)3/h10-11,13,20H,4-9,12H2,1-3H3. The zero-order valence-corrected chi connectivity index (χ0v) is 14.7. The largest absolute Gasteiger partial charge is 0.362 e. The number of carbonyl (C=O) groups excluding carboxylic acids is 1. The predicted octanol–water partition coefficient (Wildman–Crippen LogP) is 5.30. The van der Waals surface area contributed by atoms with Gasteiger partial charge in [-0.25, -0.2) is 0 Å². The van der Waals surface area contributed by atoms with Crippen LogP contribution in [0.4, 0.5) is 5.69 Å². The fourth-order valence-corrected chi connectivity index (χ4v) is 3.21. The molecule has 22 heavy (non-hydrogen) atoms. The SMILES string of the molecule is CCCCCCCCN1C(=O)c2ccc(Cl)cc2NC1(C)C. The Morgan fingerprint density at radius 1 is 1.14 bits per heavy atom. The first kappa shape index (κ1) is 17.1. The Morgan fingerprint density at radius 2 is 1.82 bits per heavy atom. The molecule has 0 atom stereocenters. The van der Waals surface area contributed by atoms with Crippen LogP contribution in [-0.2, 0) is 0 Å². The van der Waals surface area contributed by atoms with Gasteiger partial charge in [0.05, 0.1) is 11.3 Å². The van der Waals surface area contributed by atoms with Gasteiger partial charge in [0.2, 0.25) is 0 Å². The number of amides is 1. The molecule has 0 radical (unpaired) electrons. The Bertz CT molecular complexity index is 528. The van der Waals surface area contributed by atoms with Crippen molar-refractivity contribution < 1.29 is 4.79 Å². The lowest BCUT2D eigenvalue weighted by molar-refractivity contribution is 0.0570. The van der Waals surface area contributed by atoms with Crippen molar-refractivity contribution in [3.8, 4) is 0 Å². The Balaban J connectivity index is 1.99. The van der Waals surface area contributed by atoms with Crippen LogP contribution in [0.2, 0.25) is 5.02 Å². The molecule has 1 aliphatic heterocycles. The van der Waals surface area contributed by atoms with Gasteiger partial charge in [-0.2, -0.15) is 0 Å². The number of rotatable bonds is 7. The second-order valence-corrected chi connectivity index (χ2v) is 7.03. The van der Waals surface area contributed by atoms with E-state index in [1.165, 1.54) is 32.1 Å². The van der Waals surface area contributed by atoms with Gasteiger partial charge in [0, 0.05) is 11.6 Å². The Morgan fingerprint density at radius 3 is 2.55 bits per heavy atom. The topological polar surface area (TPSA) is 32.3 Å². The van der Waals surface area contributed by atoms with Crippen molar-refractivity contribution in [2.24, 2.45) is 0 Å². The van der Waals surface area contributed by atoms with Crippen LogP contribution in [0.25, 0.3) is 0 Å². The van der Waals surface area contributed by atoms with Crippen LogP contribution < -0.4 is 5.32 Å². The van der Waals surface area contributed by atoms with Crippen LogP contribution in [0, 0.1) is 0 Å². The minimum absolute atomic E-state index is 0.101. The van der Waals surface area contributed by atoms with Crippen molar-refractivity contribution >= 4 is 23.2 Å². The van der Waals surface area contributed by atoms with Gasteiger partial charge in [0.15, 0.2) is 0 Å². The van der Waals surface area contributed by atoms with Crippen LogP contribution in [-0.4, -0.2) is 23.0 Å². The maximum atomic E-state index is 12.8. The molecule has 0 unspecified atom stereocenters. The van der Waals surface area contributed by atoms with E-state index in [4.69, 9.17) is 11.6 Å². The zero-order valence-electron chi connectivity index (χ0n) is 13.9. The first-order valence-corrected chi connectivity index (χ1v) is 8.73. The Labute approximate surface area is 139 Å². The van der Waals surface area contributed by atoms with Crippen molar-refractivity contribution in [1.82, 2.24) is 4.90 Å². The highest BCUT2D eigenvalue weighted by Crippen LogP contribution is 2.33. The highest BCUT2D eigenvalue weighted by Gasteiger charge is 2.37. The smallest absolute Gasteiger partial charge is 0.257 e. The van der Waals surface area contributed by atoms with E-state index in [0.29, 0.717) is 5.02 Å². The molecule has 1 heterocycles. The molecule has 0 saturated heterocycles. The van der Waals surface area contributed by atoms with Gasteiger partial charge in [0.1, 0.15) is 5.66 Å². The molecular weight excluding hydrogens is 296 g/mol. The van der Waals surface area contributed by atoms with Crippen LogP contribution >= 0.6 is 11.6 Å². The molecule has 1 aliphatic rings. The number of fused-ring (bicyclic) bond motifs is 1. The normalized spacial score (nSPS) is 16.4.